The fraction of sp³-hybridized carbons (Fsp3) is 0.500. The van der Waals surface area contributed by atoms with Gasteiger partial charge in [0.1, 0.15) is 0 Å². The highest BCUT2D eigenvalue weighted by Gasteiger charge is 2.24. The van der Waals surface area contributed by atoms with Crippen LogP contribution in [0.5, 0.6) is 0 Å². The molecule has 0 amide bonds. The van der Waals surface area contributed by atoms with Crippen LogP contribution in [0.1, 0.15) is 19.8 Å². The van der Waals surface area contributed by atoms with Crippen LogP contribution in [0.4, 0.5) is 5.95 Å². The molecule has 0 radical (unpaired) electrons. The van der Waals surface area contributed by atoms with Crippen LogP contribution in [-0.4, -0.2) is 33.6 Å². The van der Waals surface area contributed by atoms with Crippen LogP contribution in [-0.2, 0) is 6.54 Å². The van der Waals surface area contributed by atoms with Gasteiger partial charge in [0.2, 0.25) is 5.95 Å². The van der Waals surface area contributed by atoms with Crippen molar-refractivity contribution in [2.45, 2.75) is 32.4 Å². The number of likely N-dealkylation sites (tertiary alicyclic amines) is 1. The number of hydrogen-bond acceptors (Lipinski definition) is 3. The largest absolute Gasteiger partial charge is 0.369 e. The van der Waals surface area contributed by atoms with Gasteiger partial charge in [-0.1, -0.05) is 19.1 Å². The van der Waals surface area contributed by atoms with Crippen LogP contribution in [0.25, 0.3) is 11.0 Å². The number of anilines is 1. The Morgan fingerprint density at radius 3 is 3.06 bits per heavy atom. The van der Waals surface area contributed by atoms with Crippen molar-refractivity contribution in [3.8, 4) is 0 Å². The van der Waals surface area contributed by atoms with Gasteiger partial charge in [-0.25, -0.2) is 4.98 Å². The number of fused-ring (bicyclic) bond motifs is 1. The number of nitrogens with two attached hydrogens (primary N) is 1. The van der Waals surface area contributed by atoms with Crippen LogP contribution >= 0.6 is 0 Å². The lowest BCUT2D eigenvalue weighted by atomic mass is 10.2. The summed E-state index contributed by atoms with van der Waals surface area (Å²) in [5.41, 5.74) is 8.20. The second-order valence-electron chi connectivity index (χ2n) is 4.99. The molecule has 1 aromatic carbocycles. The van der Waals surface area contributed by atoms with Crippen LogP contribution in [0.3, 0.4) is 0 Å². The molecule has 0 saturated carbocycles. The molecule has 1 saturated heterocycles. The number of benzene rings is 1. The Bertz CT molecular complexity index is 546. The maximum Gasteiger partial charge on any atom is 0.201 e. The highest BCUT2D eigenvalue weighted by Crippen LogP contribution is 2.23. The molecule has 1 aliphatic rings. The number of nitrogen functional groups attached to an aromatic ring is 1. The molecule has 4 nitrogen and oxygen atoms in total. The molecule has 4 heteroatoms. The van der Waals surface area contributed by atoms with E-state index >= 15 is 0 Å². The number of imidazole rings is 1. The third kappa shape index (κ3) is 1.86. The summed E-state index contributed by atoms with van der Waals surface area (Å²) >= 11 is 0. The normalized spacial score (nSPS) is 20.8. The van der Waals surface area contributed by atoms with Gasteiger partial charge in [0.25, 0.3) is 0 Å². The predicted molar refractivity (Wildman–Crippen MR) is 74.4 cm³/mol. The molecule has 1 aliphatic heterocycles. The number of aromatic nitrogens is 2. The molecule has 1 fully saturated rings. The second kappa shape index (κ2) is 4.61. The summed E-state index contributed by atoms with van der Waals surface area (Å²) in [6, 6.07) is 8.78. The Balaban J connectivity index is 1.92. The third-order valence-electron chi connectivity index (χ3n) is 3.98. The van der Waals surface area contributed by atoms with E-state index in [-0.39, 0.29) is 0 Å². The summed E-state index contributed by atoms with van der Waals surface area (Å²) in [6.07, 6.45) is 2.56. The molecular formula is C14H20N4. The molecule has 0 aliphatic carbocycles. The molecule has 18 heavy (non-hydrogen) atoms. The monoisotopic (exact) mass is 244 g/mol. The predicted octanol–water partition coefficient (Wildman–Crippen LogP) is 2.10. The first-order chi connectivity index (χ1) is 8.79. The highest BCUT2D eigenvalue weighted by atomic mass is 15.2. The molecule has 1 unspecified atom stereocenters. The zero-order chi connectivity index (χ0) is 12.5. The maximum atomic E-state index is 6.05. The standard InChI is InChI=1S/C14H20N4/c1-2-17-9-5-6-11(17)10-18-13-8-4-3-7-12(13)16-14(18)15/h3-4,7-8,11H,2,5-6,9-10H2,1H3,(H2,15,16). The van der Waals surface area contributed by atoms with Gasteiger partial charge < -0.3 is 10.3 Å². The lowest BCUT2D eigenvalue weighted by Crippen LogP contribution is -2.32. The molecule has 3 rings (SSSR count). The van der Waals surface area contributed by atoms with Crippen molar-refractivity contribution in [3.63, 3.8) is 0 Å². The fourth-order valence-electron chi connectivity index (χ4n) is 3.01. The SMILES string of the molecule is CCN1CCCC1Cn1c(N)nc2ccccc21. The molecule has 2 aromatic rings. The fourth-order valence-corrected chi connectivity index (χ4v) is 3.01. The Morgan fingerprint density at radius 2 is 2.22 bits per heavy atom. The van der Waals surface area contributed by atoms with E-state index < -0.39 is 0 Å². The first-order valence-electron chi connectivity index (χ1n) is 6.74. The van der Waals surface area contributed by atoms with Gasteiger partial charge >= 0.3 is 0 Å². The van der Waals surface area contributed by atoms with Crippen molar-refractivity contribution in [1.29, 1.82) is 0 Å². The summed E-state index contributed by atoms with van der Waals surface area (Å²) in [5, 5.41) is 0. The number of rotatable bonds is 3. The molecule has 1 atom stereocenters. The van der Waals surface area contributed by atoms with E-state index in [9.17, 15) is 0 Å². The van der Waals surface area contributed by atoms with E-state index in [4.69, 9.17) is 5.73 Å². The molecule has 2 N–H and O–H groups in total. The molecular weight excluding hydrogens is 224 g/mol. The van der Waals surface area contributed by atoms with Gasteiger partial charge in [-0.3, -0.25) is 4.90 Å². The van der Waals surface area contributed by atoms with Crippen LogP contribution in [0.2, 0.25) is 0 Å². The smallest absolute Gasteiger partial charge is 0.201 e. The van der Waals surface area contributed by atoms with Gasteiger partial charge in [0.15, 0.2) is 0 Å². The Morgan fingerprint density at radius 1 is 1.39 bits per heavy atom. The van der Waals surface area contributed by atoms with Gasteiger partial charge in [-0.05, 0) is 38.1 Å². The molecule has 0 spiro atoms. The first-order valence-corrected chi connectivity index (χ1v) is 6.74. The number of hydrogen-bond donors (Lipinski definition) is 1. The van der Waals surface area contributed by atoms with Crippen molar-refractivity contribution >= 4 is 17.0 Å². The average molecular weight is 244 g/mol. The summed E-state index contributed by atoms with van der Waals surface area (Å²) in [5.74, 6) is 0.638. The van der Waals surface area contributed by atoms with Gasteiger partial charge in [-0.2, -0.15) is 0 Å². The van der Waals surface area contributed by atoms with Gasteiger partial charge in [-0.15, -0.1) is 0 Å². The van der Waals surface area contributed by atoms with E-state index in [1.54, 1.807) is 0 Å². The number of para-hydroxylation sites is 2. The summed E-state index contributed by atoms with van der Waals surface area (Å²) in [7, 11) is 0. The van der Waals surface area contributed by atoms with Crippen LogP contribution in [0.15, 0.2) is 24.3 Å². The Labute approximate surface area is 107 Å². The van der Waals surface area contributed by atoms with E-state index in [2.05, 4.69) is 27.4 Å². The van der Waals surface area contributed by atoms with E-state index in [0.717, 1.165) is 24.1 Å². The van der Waals surface area contributed by atoms with Gasteiger partial charge in [0.05, 0.1) is 11.0 Å². The Kier molecular flexibility index (Phi) is 2.96. The first kappa shape index (κ1) is 11.5. The van der Waals surface area contributed by atoms with Crippen LogP contribution in [0, 0.1) is 0 Å². The van der Waals surface area contributed by atoms with Crippen molar-refractivity contribution in [1.82, 2.24) is 14.5 Å². The van der Waals surface area contributed by atoms with E-state index in [0.29, 0.717) is 12.0 Å². The lowest BCUT2D eigenvalue weighted by molar-refractivity contribution is 0.246. The highest BCUT2D eigenvalue weighted by molar-refractivity contribution is 5.78. The van der Waals surface area contributed by atoms with Crippen molar-refractivity contribution < 1.29 is 0 Å². The molecule has 1 aromatic heterocycles. The minimum absolute atomic E-state index is 0.606. The second-order valence-corrected chi connectivity index (χ2v) is 4.99. The quantitative estimate of drug-likeness (QED) is 0.899. The van der Waals surface area contributed by atoms with Crippen molar-refractivity contribution in [2.24, 2.45) is 0 Å². The molecule has 2 heterocycles. The zero-order valence-electron chi connectivity index (χ0n) is 10.8. The average Bonchev–Trinajstić information content (AvgIpc) is 2.95. The number of likely N-dealkylation sites (N-methyl/N-ethyl adjacent to an activating group) is 1. The van der Waals surface area contributed by atoms with Crippen LogP contribution < -0.4 is 5.73 Å². The lowest BCUT2D eigenvalue weighted by Gasteiger charge is -2.23. The van der Waals surface area contributed by atoms with E-state index in [1.807, 2.05) is 18.2 Å². The summed E-state index contributed by atoms with van der Waals surface area (Å²) in [6.45, 7) is 5.53. The Hall–Kier alpha value is -1.55. The zero-order valence-corrected chi connectivity index (χ0v) is 10.8. The van der Waals surface area contributed by atoms with E-state index in [1.165, 1.54) is 19.4 Å². The molecule has 96 valence electrons. The molecule has 0 bridgehead atoms. The summed E-state index contributed by atoms with van der Waals surface area (Å²) in [4.78, 5) is 6.96. The van der Waals surface area contributed by atoms with Crippen molar-refractivity contribution in [3.05, 3.63) is 24.3 Å². The topological polar surface area (TPSA) is 47.1 Å². The summed E-state index contributed by atoms with van der Waals surface area (Å²) < 4.78 is 2.16. The minimum Gasteiger partial charge on any atom is -0.369 e. The minimum atomic E-state index is 0.606. The number of nitrogens with zero attached hydrogens (tertiary/aromatic N) is 3. The van der Waals surface area contributed by atoms with Gasteiger partial charge in [0, 0.05) is 12.6 Å². The maximum absolute atomic E-state index is 6.05. The third-order valence-corrected chi connectivity index (χ3v) is 3.98. The van der Waals surface area contributed by atoms with Crippen molar-refractivity contribution in [2.75, 3.05) is 18.8 Å².